The maximum atomic E-state index is 13.4. The van der Waals surface area contributed by atoms with Crippen molar-refractivity contribution >= 4 is 63.8 Å². The second-order valence-electron chi connectivity index (χ2n) is 10.3. The van der Waals surface area contributed by atoms with Gasteiger partial charge in [-0.3, -0.25) is 19.3 Å². The highest BCUT2D eigenvalue weighted by molar-refractivity contribution is 7.59. The third-order valence-electron chi connectivity index (χ3n) is 7.23. The van der Waals surface area contributed by atoms with Crippen molar-refractivity contribution in [2.45, 2.75) is 52.0 Å². The highest BCUT2D eigenvalue weighted by atomic mass is 32.1. The number of nitrogens with one attached hydrogen (secondary N) is 1. The molecule has 2 amide bonds. The van der Waals surface area contributed by atoms with Gasteiger partial charge < -0.3 is 29.7 Å². The van der Waals surface area contributed by atoms with Crippen LogP contribution in [0.15, 0.2) is 24.3 Å². The SMILES string of the molecule is C.COCCN1CCN(c2ccc(C(=O)N[C@@H](CC(C)C)C(=O)N3C[C@@H](O)[C@H]4OCC(=O)[C@H]43)cc2)CC1.S.S.S. The van der Waals surface area contributed by atoms with Crippen molar-refractivity contribution in [2.75, 3.05) is 64.5 Å². The summed E-state index contributed by atoms with van der Waals surface area (Å²) in [6.45, 7) is 9.27. The van der Waals surface area contributed by atoms with Crippen molar-refractivity contribution in [3.8, 4) is 0 Å². The molecule has 3 aliphatic heterocycles. The fourth-order valence-corrected chi connectivity index (χ4v) is 5.27. The van der Waals surface area contributed by atoms with E-state index in [0.717, 1.165) is 45.0 Å². The number of amides is 2. The molecule has 1 aromatic carbocycles. The Labute approximate surface area is 259 Å². The average molecular weight is 621 g/mol. The van der Waals surface area contributed by atoms with E-state index in [-0.39, 0.29) is 84.6 Å². The van der Waals surface area contributed by atoms with Gasteiger partial charge in [-0.1, -0.05) is 21.3 Å². The van der Waals surface area contributed by atoms with Gasteiger partial charge in [-0.2, -0.15) is 40.5 Å². The van der Waals surface area contributed by atoms with E-state index in [4.69, 9.17) is 9.47 Å². The predicted molar refractivity (Wildman–Crippen MR) is 172 cm³/mol. The maximum Gasteiger partial charge on any atom is 0.251 e. The number of piperazine rings is 1. The molecular weight excluding hydrogens is 573 g/mol. The maximum absolute atomic E-state index is 13.4. The molecule has 3 fully saturated rings. The normalized spacial score (nSPS) is 22.8. The zero-order chi connectivity index (χ0) is 25.8. The molecule has 230 valence electrons. The molecule has 4 atom stereocenters. The minimum atomic E-state index is -0.907. The highest BCUT2D eigenvalue weighted by Crippen LogP contribution is 2.29. The van der Waals surface area contributed by atoms with Crippen molar-refractivity contribution in [1.82, 2.24) is 15.1 Å². The molecule has 4 rings (SSSR count). The number of likely N-dealkylation sites (tertiary alicyclic amines) is 1. The quantitative estimate of drug-likeness (QED) is 0.423. The topological polar surface area (TPSA) is 112 Å². The van der Waals surface area contributed by atoms with E-state index in [1.807, 2.05) is 26.0 Å². The molecule has 2 N–H and O–H groups in total. The lowest BCUT2D eigenvalue weighted by molar-refractivity contribution is -0.138. The van der Waals surface area contributed by atoms with E-state index >= 15 is 0 Å². The van der Waals surface area contributed by atoms with E-state index in [1.54, 1.807) is 19.2 Å². The minimum absolute atomic E-state index is 0. The second-order valence-corrected chi connectivity index (χ2v) is 10.3. The number of hydrogen-bond donors (Lipinski definition) is 2. The zero-order valence-corrected chi connectivity index (χ0v) is 25.9. The Balaban J connectivity index is 0.00000380. The molecular formula is C27H48N4O6S3. The number of β-amino-alcohol motifs (C(OH)–C–C–N with tert-alkyl or cyclic N) is 1. The van der Waals surface area contributed by atoms with E-state index in [0.29, 0.717) is 12.0 Å². The summed E-state index contributed by atoms with van der Waals surface area (Å²) in [6, 6.07) is 5.86. The summed E-state index contributed by atoms with van der Waals surface area (Å²) in [5, 5.41) is 13.2. The predicted octanol–water partition coefficient (Wildman–Crippen LogP) is 1.11. The van der Waals surface area contributed by atoms with Crippen LogP contribution in [-0.4, -0.2) is 116 Å². The molecule has 3 heterocycles. The number of anilines is 1. The smallest absolute Gasteiger partial charge is 0.251 e. The van der Waals surface area contributed by atoms with Gasteiger partial charge >= 0.3 is 0 Å². The molecule has 0 spiro atoms. The van der Waals surface area contributed by atoms with Gasteiger partial charge in [0.1, 0.15) is 30.9 Å². The first-order valence-corrected chi connectivity index (χ1v) is 12.8. The fourth-order valence-electron chi connectivity index (χ4n) is 5.27. The van der Waals surface area contributed by atoms with Gasteiger partial charge in [-0.25, -0.2) is 0 Å². The van der Waals surface area contributed by atoms with E-state index in [2.05, 4.69) is 15.1 Å². The van der Waals surface area contributed by atoms with Crippen LogP contribution in [-0.2, 0) is 19.1 Å². The van der Waals surface area contributed by atoms with Crippen LogP contribution in [0.2, 0.25) is 0 Å². The first-order valence-electron chi connectivity index (χ1n) is 12.8. The van der Waals surface area contributed by atoms with Crippen LogP contribution >= 0.6 is 40.5 Å². The first kappa shape index (κ1) is 38.5. The molecule has 0 unspecified atom stereocenters. The van der Waals surface area contributed by atoms with Crippen molar-refractivity contribution in [3.63, 3.8) is 0 Å². The summed E-state index contributed by atoms with van der Waals surface area (Å²) in [5.41, 5.74) is 1.53. The number of fused-ring (bicyclic) bond motifs is 1. The van der Waals surface area contributed by atoms with Crippen LogP contribution < -0.4 is 10.2 Å². The largest absolute Gasteiger partial charge is 0.388 e. The van der Waals surface area contributed by atoms with Crippen molar-refractivity contribution in [2.24, 2.45) is 5.92 Å². The lowest BCUT2D eigenvalue weighted by atomic mass is 10.0. The zero-order valence-electron chi connectivity index (χ0n) is 22.9. The molecule has 0 aliphatic carbocycles. The number of ketones is 1. The number of carbonyl (C=O) groups excluding carboxylic acids is 3. The number of carbonyl (C=O) groups is 3. The number of ether oxygens (including phenoxy) is 2. The summed E-state index contributed by atoms with van der Waals surface area (Å²) in [5.74, 6) is -0.765. The van der Waals surface area contributed by atoms with Crippen LogP contribution in [0.3, 0.4) is 0 Å². The van der Waals surface area contributed by atoms with E-state index in [9.17, 15) is 19.5 Å². The lowest BCUT2D eigenvalue weighted by Gasteiger charge is -2.36. The van der Waals surface area contributed by atoms with Crippen LogP contribution in [0.1, 0.15) is 38.1 Å². The summed E-state index contributed by atoms with van der Waals surface area (Å²) >= 11 is 0. The minimum Gasteiger partial charge on any atom is -0.388 e. The Morgan fingerprint density at radius 2 is 1.73 bits per heavy atom. The van der Waals surface area contributed by atoms with Crippen molar-refractivity contribution in [3.05, 3.63) is 29.8 Å². The lowest BCUT2D eigenvalue weighted by Crippen LogP contribution is -2.52. The Hall–Kier alpha value is -1.48. The van der Waals surface area contributed by atoms with E-state index < -0.39 is 24.3 Å². The Bertz CT molecular complexity index is 947. The van der Waals surface area contributed by atoms with Crippen LogP contribution in [0.25, 0.3) is 0 Å². The number of methoxy groups -OCH3 is 1. The number of aliphatic hydroxyl groups is 1. The molecule has 13 heteroatoms. The number of hydrogen-bond acceptors (Lipinski definition) is 8. The monoisotopic (exact) mass is 620 g/mol. The summed E-state index contributed by atoms with van der Waals surface area (Å²) in [7, 11) is 1.71. The Kier molecular flexibility index (Phi) is 16.8. The summed E-state index contributed by atoms with van der Waals surface area (Å²) < 4.78 is 10.5. The Morgan fingerprint density at radius 3 is 2.30 bits per heavy atom. The molecule has 40 heavy (non-hydrogen) atoms. The third kappa shape index (κ3) is 9.01. The molecule has 1 aromatic rings. The highest BCUT2D eigenvalue weighted by Gasteiger charge is 2.52. The number of benzene rings is 1. The number of aliphatic hydroxyl groups excluding tert-OH is 1. The molecule has 0 saturated carbocycles. The number of nitrogens with zero attached hydrogens (tertiary/aromatic N) is 3. The van der Waals surface area contributed by atoms with Crippen LogP contribution in [0.4, 0.5) is 5.69 Å². The molecule has 0 radical (unpaired) electrons. The summed E-state index contributed by atoms with van der Waals surface area (Å²) in [6.07, 6.45) is -1.17. The second kappa shape index (κ2) is 17.5. The average Bonchev–Trinajstić information content (AvgIpc) is 3.42. The van der Waals surface area contributed by atoms with Gasteiger partial charge in [0.05, 0.1) is 13.2 Å². The fraction of sp³-hybridized carbons (Fsp3) is 0.667. The Morgan fingerprint density at radius 1 is 1.10 bits per heavy atom. The first-order chi connectivity index (χ1) is 17.3. The van der Waals surface area contributed by atoms with Gasteiger partial charge in [0.15, 0.2) is 5.78 Å². The van der Waals surface area contributed by atoms with Crippen LogP contribution in [0.5, 0.6) is 0 Å². The molecule has 0 aromatic heterocycles. The van der Waals surface area contributed by atoms with Gasteiger partial charge in [0.25, 0.3) is 5.91 Å². The van der Waals surface area contributed by atoms with Crippen molar-refractivity contribution in [1.29, 1.82) is 0 Å². The molecule has 3 saturated heterocycles. The van der Waals surface area contributed by atoms with Crippen molar-refractivity contribution < 1.29 is 29.0 Å². The molecule has 0 bridgehead atoms. The van der Waals surface area contributed by atoms with Crippen LogP contribution in [0, 0.1) is 5.92 Å². The number of rotatable bonds is 9. The van der Waals surface area contributed by atoms with Gasteiger partial charge in [0, 0.05) is 51.1 Å². The van der Waals surface area contributed by atoms with E-state index in [1.165, 1.54) is 4.90 Å². The summed E-state index contributed by atoms with van der Waals surface area (Å²) in [4.78, 5) is 44.9. The van der Waals surface area contributed by atoms with Gasteiger partial charge in [0.2, 0.25) is 5.91 Å². The van der Waals surface area contributed by atoms with Gasteiger partial charge in [-0.15, -0.1) is 0 Å². The van der Waals surface area contributed by atoms with Gasteiger partial charge in [-0.05, 0) is 36.6 Å². The third-order valence-corrected chi connectivity index (χ3v) is 7.23. The number of Topliss-reactive ketones (excluding diaryl/α,β-unsaturated/α-hetero) is 1. The standard InChI is InChI=1S/C26H38N4O6.CH4.3H2S/c1-17(2)14-20(26(34)30-15-21(31)24-23(30)22(32)16-36-24)27-25(33)18-4-6-19(7-5-18)29-10-8-28(9-11-29)12-13-35-3;;;;/h4-7,17,20-21,23-24,31H,8-16H2,1-3H3,(H,27,33);1H4;3*1H2/t20-,21+,23+,24+;;;;/m0..../s1. The molecule has 3 aliphatic rings. The molecule has 10 nitrogen and oxygen atoms in total.